The molecule has 2 nitrogen and oxygen atoms in total. The fourth-order valence-electron chi connectivity index (χ4n) is 0.739. The highest BCUT2D eigenvalue weighted by Crippen LogP contribution is 2.20. The van der Waals surface area contributed by atoms with Gasteiger partial charge in [-0.15, -0.1) is 0 Å². The van der Waals surface area contributed by atoms with Crippen LogP contribution in [0.15, 0.2) is 28.7 Å². The molecular formula is C8H7BrN2. The highest BCUT2D eigenvalue weighted by Gasteiger charge is 1.94. The Morgan fingerprint density at radius 1 is 1.45 bits per heavy atom. The van der Waals surface area contributed by atoms with Crippen molar-refractivity contribution < 1.29 is 0 Å². The Labute approximate surface area is 74.0 Å². The van der Waals surface area contributed by atoms with E-state index in [-0.39, 0.29) is 0 Å². The average molecular weight is 211 g/mol. The lowest BCUT2D eigenvalue weighted by Gasteiger charge is -2.02. The van der Waals surface area contributed by atoms with E-state index in [4.69, 9.17) is 5.26 Å². The summed E-state index contributed by atoms with van der Waals surface area (Å²) >= 11 is 3.35. The van der Waals surface area contributed by atoms with Crippen LogP contribution < -0.4 is 5.32 Å². The molecule has 0 aliphatic carbocycles. The van der Waals surface area contributed by atoms with E-state index in [2.05, 4.69) is 21.2 Å². The molecule has 0 radical (unpaired) electrons. The third kappa shape index (κ3) is 2.24. The molecule has 0 heterocycles. The van der Waals surface area contributed by atoms with Crippen LogP contribution in [-0.4, -0.2) is 6.54 Å². The fourth-order valence-corrected chi connectivity index (χ4v) is 1.16. The molecule has 0 spiro atoms. The zero-order valence-corrected chi connectivity index (χ0v) is 7.43. The van der Waals surface area contributed by atoms with Crippen molar-refractivity contribution in [2.24, 2.45) is 0 Å². The first-order valence-electron chi connectivity index (χ1n) is 3.20. The first-order chi connectivity index (χ1) is 5.34. The number of nitrogens with one attached hydrogen (secondary N) is 1. The van der Waals surface area contributed by atoms with Crippen LogP contribution in [0.2, 0.25) is 0 Å². The molecule has 0 aliphatic rings. The Balaban J connectivity index is 2.71. The molecule has 1 aromatic rings. The molecule has 0 unspecified atom stereocenters. The van der Waals surface area contributed by atoms with Gasteiger partial charge in [0.1, 0.15) is 6.54 Å². The molecule has 56 valence electrons. The van der Waals surface area contributed by atoms with Crippen molar-refractivity contribution >= 4 is 21.6 Å². The Kier molecular flexibility index (Phi) is 2.94. The van der Waals surface area contributed by atoms with Gasteiger partial charge in [-0.05, 0) is 28.1 Å². The normalized spacial score (nSPS) is 8.73. The minimum atomic E-state index is 0.336. The number of para-hydroxylation sites is 1. The second kappa shape index (κ2) is 3.99. The van der Waals surface area contributed by atoms with E-state index in [0.717, 1.165) is 10.2 Å². The first kappa shape index (κ1) is 8.09. The van der Waals surface area contributed by atoms with Crippen LogP contribution >= 0.6 is 15.9 Å². The largest absolute Gasteiger partial charge is 0.371 e. The maximum absolute atomic E-state index is 8.29. The van der Waals surface area contributed by atoms with E-state index in [0.29, 0.717) is 6.54 Å². The van der Waals surface area contributed by atoms with Gasteiger partial charge >= 0.3 is 0 Å². The zero-order valence-electron chi connectivity index (χ0n) is 5.84. The summed E-state index contributed by atoms with van der Waals surface area (Å²) in [7, 11) is 0. The fraction of sp³-hybridized carbons (Fsp3) is 0.125. The van der Waals surface area contributed by atoms with Gasteiger partial charge in [0.25, 0.3) is 0 Å². The summed E-state index contributed by atoms with van der Waals surface area (Å²) in [4.78, 5) is 0. The predicted molar refractivity (Wildman–Crippen MR) is 48.2 cm³/mol. The molecular weight excluding hydrogens is 204 g/mol. The topological polar surface area (TPSA) is 35.8 Å². The van der Waals surface area contributed by atoms with Crippen LogP contribution in [-0.2, 0) is 0 Å². The van der Waals surface area contributed by atoms with Crippen molar-refractivity contribution in [1.29, 1.82) is 5.26 Å². The molecule has 1 rings (SSSR count). The number of benzene rings is 1. The maximum atomic E-state index is 8.29. The number of hydrogen-bond donors (Lipinski definition) is 1. The summed E-state index contributed by atoms with van der Waals surface area (Å²) < 4.78 is 0.982. The van der Waals surface area contributed by atoms with Crippen molar-refractivity contribution in [3.05, 3.63) is 28.7 Å². The zero-order chi connectivity index (χ0) is 8.10. The molecule has 1 N–H and O–H groups in total. The van der Waals surface area contributed by atoms with E-state index in [1.807, 2.05) is 30.3 Å². The van der Waals surface area contributed by atoms with E-state index in [9.17, 15) is 0 Å². The van der Waals surface area contributed by atoms with Gasteiger partial charge in [-0.25, -0.2) is 0 Å². The van der Waals surface area contributed by atoms with Crippen LogP contribution in [0.4, 0.5) is 5.69 Å². The Hall–Kier alpha value is -1.01. The smallest absolute Gasteiger partial charge is 0.103 e. The summed E-state index contributed by atoms with van der Waals surface area (Å²) in [5, 5.41) is 11.2. The highest BCUT2D eigenvalue weighted by molar-refractivity contribution is 9.10. The third-order valence-electron chi connectivity index (χ3n) is 1.23. The van der Waals surface area contributed by atoms with Crippen molar-refractivity contribution in [1.82, 2.24) is 0 Å². The summed E-state index contributed by atoms with van der Waals surface area (Å²) in [6, 6.07) is 9.71. The molecule has 0 aromatic heterocycles. The lowest BCUT2D eigenvalue weighted by molar-refractivity contribution is 1.31. The van der Waals surface area contributed by atoms with Gasteiger partial charge < -0.3 is 5.32 Å². The van der Waals surface area contributed by atoms with Gasteiger partial charge in [0.15, 0.2) is 0 Å². The second-order valence-electron chi connectivity index (χ2n) is 1.99. The van der Waals surface area contributed by atoms with Crippen LogP contribution in [0, 0.1) is 11.3 Å². The number of nitrogens with zero attached hydrogens (tertiary/aromatic N) is 1. The van der Waals surface area contributed by atoms with Crippen molar-refractivity contribution in [2.45, 2.75) is 0 Å². The quantitative estimate of drug-likeness (QED) is 0.762. The number of nitriles is 1. The number of anilines is 1. The maximum Gasteiger partial charge on any atom is 0.103 e. The van der Waals surface area contributed by atoms with E-state index >= 15 is 0 Å². The summed E-state index contributed by atoms with van der Waals surface area (Å²) in [6.45, 7) is 0.336. The van der Waals surface area contributed by atoms with Gasteiger partial charge in [0.2, 0.25) is 0 Å². The Bertz CT molecular complexity index is 278. The summed E-state index contributed by atoms with van der Waals surface area (Å²) in [5.74, 6) is 0. The van der Waals surface area contributed by atoms with Gasteiger partial charge in [-0.2, -0.15) is 5.26 Å². The van der Waals surface area contributed by atoms with Crippen LogP contribution in [0.5, 0.6) is 0 Å². The van der Waals surface area contributed by atoms with Crippen LogP contribution in [0.1, 0.15) is 0 Å². The van der Waals surface area contributed by atoms with Gasteiger partial charge in [-0.1, -0.05) is 12.1 Å². The van der Waals surface area contributed by atoms with Crippen molar-refractivity contribution in [3.8, 4) is 6.07 Å². The lowest BCUT2D eigenvalue weighted by Crippen LogP contribution is -1.98. The Morgan fingerprint density at radius 2 is 2.18 bits per heavy atom. The highest BCUT2D eigenvalue weighted by atomic mass is 79.9. The number of hydrogen-bond acceptors (Lipinski definition) is 2. The van der Waals surface area contributed by atoms with Crippen LogP contribution in [0.25, 0.3) is 0 Å². The average Bonchev–Trinajstić information content (AvgIpc) is 2.03. The van der Waals surface area contributed by atoms with Gasteiger partial charge in [-0.3, -0.25) is 0 Å². The summed E-state index contributed by atoms with van der Waals surface area (Å²) in [5.41, 5.74) is 0.953. The molecule has 0 amide bonds. The van der Waals surface area contributed by atoms with Crippen molar-refractivity contribution in [2.75, 3.05) is 11.9 Å². The third-order valence-corrected chi connectivity index (χ3v) is 1.92. The minimum absolute atomic E-state index is 0.336. The van der Waals surface area contributed by atoms with Crippen molar-refractivity contribution in [3.63, 3.8) is 0 Å². The van der Waals surface area contributed by atoms with E-state index in [1.165, 1.54) is 0 Å². The molecule has 0 saturated carbocycles. The molecule has 3 heteroatoms. The summed E-state index contributed by atoms with van der Waals surface area (Å²) in [6.07, 6.45) is 0. The molecule has 0 fully saturated rings. The number of halogens is 1. The monoisotopic (exact) mass is 210 g/mol. The molecule has 11 heavy (non-hydrogen) atoms. The molecule has 0 bridgehead atoms. The predicted octanol–water partition coefficient (Wildman–Crippen LogP) is 2.38. The first-order valence-corrected chi connectivity index (χ1v) is 3.99. The number of rotatable bonds is 2. The van der Waals surface area contributed by atoms with E-state index in [1.54, 1.807) is 0 Å². The minimum Gasteiger partial charge on any atom is -0.371 e. The Morgan fingerprint density at radius 3 is 2.82 bits per heavy atom. The standard InChI is InChI=1S/C8H7BrN2/c9-7-3-1-2-4-8(7)11-6-5-10/h1-4,11H,6H2. The molecule has 0 saturated heterocycles. The van der Waals surface area contributed by atoms with Gasteiger partial charge in [0.05, 0.1) is 6.07 Å². The molecule has 0 aliphatic heterocycles. The van der Waals surface area contributed by atoms with Crippen LogP contribution in [0.3, 0.4) is 0 Å². The second-order valence-corrected chi connectivity index (χ2v) is 2.85. The molecule has 1 aromatic carbocycles. The molecule has 0 atom stereocenters. The SMILES string of the molecule is N#CCNc1ccccc1Br. The lowest BCUT2D eigenvalue weighted by atomic mass is 10.3. The van der Waals surface area contributed by atoms with Gasteiger partial charge in [0, 0.05) is 10.2 Å². The van der Waals surface area contributed by atoms with E-state index < -0.39 is 0 Å².